The fourth-order valence-corrected chi connectivity index (χ4v) is 5.13. The fourth-order valence-electron chi connectivity index (χ4n) is 4.36. The largest absolute Gasteiger partial charge is 0.490 e. The normalized spacial score (nSPS) is 10.6. The zero-order valence-electron chi connectivity index (χ0n) is 26.2. The lowest BCUT2D eigenvalue weighted by Crippen LogP contribution is -2.25. The lowest BCUT2D eigenvalue weighted by atomic mass is 10.1. The molecule has 46 heavy (non-hydrogen) atoms. The molecule has 2 amide bonds. The van der Waals surface area contributed by atoms with Crippen LogP contribution in [0.3, 0.4) is 0 Å². The first-order chi connectivity index (χ1) is 22.4. The molecule has 12 nitrogen and oxygen atoms in total. The Hall–Kier alpha value is -5.04. The maximum Gasteiger partial charge on any atom is 0.338 e. The Morgan fingerprint density at radius 2 is 1.43 bits per heavy atom. The van der Waals surface area contributed by atoms with Crippen LogP contribution in [0.4, 0.5) is 5.69 Å². The van der Waals surface area contributed by atoms with Gasteiger partial charge in [-0.1, -0.05) is 30.0 Å². The third kappa shape index (κ3) is 8.78. The van der Waals surface area contributed by atoms with E-state index >= 15 is 0 Å². The van der Waals surface area contributed by atoms with Crippen LogP contribution in [0, 0.1) is 0 Å². The van der Waals surface area contributed by atoms with Gasteiger partial charge in [-0.15, -0.1) is 10.2 Å². The molecule has 0 atom stereocenters. The van der Waals surface area contributed by atoms with Crippen LogP contribution < -0.4 is 24.8 Å². The summed E-state index contributed by atoms with van der Waals surface area (Å²) >= 11 is 1.20. The molecule has 242 valence electrons. The Kier molecular flexibility index (Phi) is 12.4. The van der Waals surface area contributed by atoms with Gasteiger partial charge < -0.3 is 29.6 Å². The molecule has 13 heteroatoms. The molecule has 4 aromatic rings. The molecule has 0 aliphatic heterocycles. The standard InChI is InChI=1S/C33H37N5O7S/c1-5-42-26-18-23(19-27(43-6-2)30(26)44-7-3)31(40)34-20-28-36-37-33(38(28)25-12-10-9-11-13-25)46-21-29(39)35-24-16-14-22(15-17-24)32(41)45-8-4/h9-19H,5-8,20-21H2,1-4H3,(H,34,40)(H,35,39). The van der Waals surface area contributed by atoms with E-state index in [1.165, 1.54) is 11.8 Å². The molecule has 0 unspecified atom stereocenters. The Morgan fingerprint density at radius 3 is 2.04 bits per heavy atom. The van der Waals surface area contributed by atoms with E-state index in [4.69, 9.17) is 18.9 Å². The number of carbonyl (C=O) groups is 3. The summed E-state index contributed by atoms with van der Waals surface area (Å²) in [5, 5.41) is 14.8. The van der Waals surface area contributed by atoms with Gasteiger partial charge in [-0.25, -0.2) is 4.79 Å². The van der Waals surface area contributed by atoms with Crippen molar-refractivity contribution in [3.05, 3.63) is 83.7 Å². The molecule has 0 saturated carbocycles. The summed E-state index contributed by atoms with van der Waals surface area (Å²) in [7, 11) is 0. The predicted octanol–water partition coefficient (Wildman–Crippen LogP) is 5.30. The number of rotatable bonds is 16. The van der Waals surface area contributed by atoms with Gasteiger partial charge in [-0.2, -0.15) is 0 Å². The summed E-state index contributed by atoms with van der Waals surface area (Å²) in [6.45, 7) is 8.82. The number of hydrogen-bond donors (Lipinski definition) is 2. The first-order valence-electron chi connectivity index (χ1n) is 14.9. The van der Waals surface area contributed by atoms with Crippen molar-refractivity contribution in [2.24, 2.45) is 0 Å². The minimum atomic E-state index is -0.423. The molecule has 0 bridgehead atoms. The van der Waals surface area contributed by atoms with Crippen molar-refractivity contribution in [1.29, 1.82) is 0 Å². The van der Waals surface area contributed by atoms with Crippen LogP contribution in [0.15, 0.2) is 71.9 Å². The van der Waals surface area contributed by atoms with E-state index in [2.05, 4.69) is 20.8 Å². The van der Waals surface area contributed by atoms with E-state index in [0.717, 1.165) is 5.69 Å². The molecule has 0 aliphatic rings. The van der Waals surface area contributed by atoms with Crippen molar-refractivity contribution in [3.63, 3.8) is 0 Å². The number of anilines is 1. The van der Waals surface area contributed by atoms with Crippen molar-refractivity contribution < 1.29 is 33.3 Å². The average Bonchev–Trinajstić information content (AvgIpc) is 3.47. The molecule has 2 N–H and O–H groups in total. The number of ether oxygens (including phenoxy) is 4. The first kappa shape index (κ1) is 33.8. The quantitative estimate of drug-likeness (QED) is 0.121. The number of aromatic nitrogens is 3. The van der Waals surface area contributed by atoms with Crippen LogP contribution in [-0.4, -0.2) is 64.7 Å². The molecular formula is C33H37N5O7S. The van der Waals surface area contributed by atoms with E-state index in [0.29, 0.717) is 64.9 Å². The highest BCUT2D eigenvalue weighted by molar-refractivity contribution is 7.99. The van der Waals surface area contributed by atoms with Gasteiger partial charge in [-0.05, 0) is 76.2 Å². The second-order valence-corrected chi connectivity index (χ2v) is 10.4. The summed E-state index contributed by atoms with van der Waals surface area (Å²) in [5.74, 6) is 0.743. The van der Waals surface area contributed by atoms with Gasteiger partial charge in [0.05, 0.1) is 44.3 Å². The van der Waals surface area contributed by atoms with E-state index in [1.54, 1.807) is 47.9 Å². The number of thioether (sulfide) groups is 1. The molecule has 0 saturated heterocycles. The average molecular weight is 648 g/mol. The summed E-state index contributed by atoms with van der Waals surface area (Å²) in [6, 6.07) is 19.1. The van der Waals surface area contributed by atoms with Gasteiger partial charge in [0.2, 0.25) is 11.7 Å². The van der Waals surface area contributed by atoms with E-state index in [1.807, 2.05) is 51.1 Å². The van der Waals surface area contributed by atoms with Gasteiger partial charge in [-0.3, -0.25) is 14.2 Å². The molecule has 4 rings (SSSR count). The van der Waals surface area contributed by atoms with Crippen molar-refractivity contribution >= 4 is 35.2 Å². The van der Waals surface area contributed by atoms with Crippen LogP contribution in [0.5, 0.6) is 17.2 Å². The zero-order valence-corrected chi connectivity index (χ0v) is 27.0. The van der Waals surface area contributed by atoms with Gasteiger partial charge in [0.1, 0.15) is 0 Å². The first-order valence-corrected chi connectivity index (χ1v) is 15.9. The molecule has 0 radical (unpaired) electrons. The Balaban J connectivity index is 1.48. The molecule has 1 aromatic heterocycles. The van der Waals surface area contributed by atoms with Crippen LogP contribution in [-0.2, 0) is 16.1 Å². The van der Waals surface area contributed by atoms with Crippen molar-refractivity contribution in [1.82, 2.24) is 20.1 Å². The van der Waals surface area contributed by atoms with Crippen molar-refractivity contribution in [3.8, 4) is 22.9 Å². The lowest BCUT2D eigenvalue weighted by Gasteiger charge is -2.17. The number of para-hydroxylation sites is 1. The van der Waals surface area contributed by atoms with Crippen LogP contribution in [0.2, 0.25) is 0 Å². The second-order valence-electron chi connectivity index (χ2n) is 9.49. The van der Waals surface area contributed by atoms with Crippen LogP contribution in [0.25, 0.3) is 5.69 Å². The van der Waals surface area contributed by atoms with Gasteiger partial charge >= 0.3 is 5.97 Å². The maximum absolute atomic E-state index is 13.3. The van der Waals surface area contributed by atoms with E-state index in [-0.39, 0.29) is 30.7 Å². The molecule has 0 aliphatic carbocycles. The summed E-state index contributed by atoms with van der Waals surface area (Å²) < 4.78 is 24.0. The molecule has 0 spiro atoms. The third-order valence-corrected chi connectivity index (χ3v) is 7.23. The van der Waals surface area contributed by atoms with Crippen molar-refractivity contribution in [2.45, 2.75) is 39.4 Å². The molecule has 3 aromatic carbocycles. The Labute approximate surface area is 271 Å². The van der Waals surface area contributed by atoms with Gasteiger partial charge in [0.15, 0.2) is 22.5 Å². The lowest BCUT2D eigenvalue weighted by molar-refractivity contribution is -0.113. The van der Waals surface area contributed by atoms with Crippen LogP contribution >= 0.6 is 11.8 Å². The minimum Gasteiger partial charge on any atom is -0.490 e. The zero-order chi connectivity index (χ0) is 32.9. The predicted molar refractivity (Wildman–Crippen MR) is 174 cm³/mol. The maximum atomic E-state index is 13.3. The van der Waals surface area contributed by atoms with Crippen LogP contribution in [0.1, 0.15) is 54.2 Å². The number of benzene rings is 3. The topological polar surface area (TPSA) is 143 Å². The van der Waals surface area contributed by atoms with Gasteiger partial charge in [0.25, 0.3) is 5.91 Å². The number of nitrogens with zero attached hydrogens (tertiary/aromatic N) is 3. The summed E-state index contributed by atoms with van der Waals surface area (Å²) in [5.41, 5.74) is 2.05. The third-order valence-electron chi connectivity index (χ3n) is 6.31. The number of esters is 1. The number of hydrogen-bond acceptors (Lipinski definition) is 10. The number of amides is 2. The van der Waals surface area contributed by atoms with E-state index in [9.17, 15) is 14.4 Å². The highest BCUT2D eigenvalue weighted by Gasteiger charge is 2.21. The summed E-state index contributed by atoms with van der Waals surface area (Å²) in [6.07, 6.45) is 0. The molecule has 0 fully saturated rings. The van der Waals surface area contributed by atoms with Crippen molar-refractivity contribution in [2.75, 3.05) is 37.5 Å². The minimum absolute atomic E-state index is 0.0452. The SMILES string of the molecule is CCOC(=O)c1ccc(NC(=O)CSc2nnc(CNC(=O)c3cc(OCC)c(OCC)c(OCC)c3)n2-c2ccccc2)cc1. The monoisotopic (exact) mass is 647 g/mol. The summed E-state index contributed by atoms with van der Waals surface area (Å²) in [4.78, 5) is 38.0. The smallest absolute Gasteiger partial charge is 0.338 e. The molecule has 1 heterocycles. The Morgan fingerprint density at radius 1 is 0.783 bits per heavy atom. The highest BCUT2D eigenvalue weighted by Crippen LogP contribution is 2.39. The fraction of sp³-hybridized carbons (Fsp3) is 0.303. The van der Waals surface area contributed by atoms with E-state index < -0.39 is 5.97 Å². The second kappa shape index (κ2) is 16.9. The molecular weight excluding hydrogens is 610 g/mol. The Bertz CT molecular complexity index is 1600. The number of carbonyl (C=O) groups excluding carboxylic acids is 3. The highest BCUT2D eigenvalue weighted by atomic mass is 32.2. The number of nitrogens with one attached hydrogen (secondary N) is 2. The van der Waals surface area contributed by atoms with Gasteiger partial charge in [0, 0.05) is 16.9 Å².